The average molecular weight is 276 g/mol. The molecule has 4 heteroatoms. The minimum atomic E-state index is -0.0594. The number of rotatable bonds is 6. The SMILES string of the molecule is CCC(CC)NC(=O)COc1ccc2c(c1)CCC2N. The number of benzene rings is 1. The van der Waals surface area contributed by atoms with Crippen molar-refractivity contribution in [2.45, 2.75) is 51.6 Å². The summed E-state index contributed by atoms with van der Waals surface area (Å²) >= 11 is 0. The monoisotopic (exact) mass is 276 g/mol. The van der Waals surface area contributed by atoms with Gasteiger partial charge in [-0.2, -0.15) is 0 Å². The Morgan fingerprint density at radius 3 is 2.90 bits per heavy atom. The van der Waals surface area contributed by atoms with Gasteiger partial charge in [-0.3, -0.25) is 4.79 Å². The van der Waals surface area contributed by atoms with E-state index in [4.69, 9.17) is 10.5 Å². The molecule has 0 aliphatic heterocycles. The molecule has 1 aliphatic rings. The van der Waals surface area contributed by atoms with E-state index in [2.05, 4.69) is 19.2 Å². The third-order valence-corrected chi connectivity index (χ3v) is 3.96. The van der Waals surface area contributed by atoms with Crippen LogP contribution >= 0.6 is 0 Å². The van der Waals surface area contributed by atoms with E-state index in [1.54, 1.807) is 0 Å². The quantitative estimate of drug-likeness (QED) is 0.838. The standard InChI is InChI=1S/C16H24N2O2/c1-3-12(4-2)18-16(19)10-20-13-6-7-14-11(9-13)5-8-15(14)17/h6-7,9,12,15H,3-5,8,10,17H2,1-2H3,(H,18,19). The molecule has 1 amide bonds. The number of nitrogens with two attached hydrogens (primary N) is 1. The first-order valence-electron chi connectivity index (χ1n) is 7.44. The highest BCUT2D eigenvalue weighted by atomic mass is 16.5. The first-order valence-corrected chi connectivity index (χ1v) is 7.44. The number of hydrogen-bond acceptors (Lipinski definition) is 3. The van der Waals surface area contributed by atoms with Gasteiger partial charge in [-0.15, -0.1) is 0 Å². The highest BCUT2D eigenvalue weighted by Crippen LogP contribution is 2.31. The molecule has 0 saturated heterocycles. The number of ether oxygens (including phenoxy) is 1. The first kappa shape index (κ1) is 14.9. The molecule has 0 aromatic heterocycles. The molecule has 0 spiro atoms. The summed E-state index contributed by atoms with van der Waals surface area (Å²) in [4.78, 5) is 11.8. The summed E-state index contributed by atoms with van der Waals surface area (Å²) in [5.41, 5.74) is 8.45. The lowest BCUT2D eigenvalue weighted by Gasteiger charge is -2.15. The normalized spacial score (nSPS) is 17.1. The zero-order chi connectivity index (χ0) is 14.5. The van der Waals surface area contributed by atoms with Crippen molar-refractivity contribution >= 4 is 5.91 Å². The van der Waals surface area contributed by atoms with Crippen LogP contribution in [0.2, 0.25) is 0 Å². The fourth-order valence-electron chi connectivity index (χ4n) is 2.63. The molecule has 110 valence electrons. The van der Waals surface area contributed by atoms with Crippen LogP contribution in [0.1, 0.15) is 50.3 Å². The van der Waals surface area contributed by atoms with E-state index in [0.717, 1.165) is 31.4 Å². The van der Waals surface area contributed by atoms with E-state index < -0.39 is 0 Å². The van der Waals surface area contributed by atoms with Crippen LogP contribution in [0, 0.1) is 0 Å². The number of aryl methyl sites for hydroxylation is 1. The second kappa shape index (κ2) is 6.75. The summed E-state index contributed by atoms with van der Waals surface area (Å²) < 4.78 is 5.57. The lowest BCUT2D eigenvalue weighted by atomic mass is 10.1. The van der Waals surface area contributed by atoms with Crippen LogP contribution in [0.3, 0.4) is 0 Å². The maximum Gasteiger partial charge on any atom is 0.258 e. The fourth-order valence-corrected chi connectivity index (χ4v) is 2.63. The summed E-state index contributed by atoms with van der Waals surface area (Å²) in [6, 6.07) is 6.31. The smallest absolute Gasteiger partial charge is 0.258 e. The van der Waals surface area contributed by atoms with Crippen LogP contribution in [-0.2, 0) is 11.2 Å². The van der Waals surface area contributed by atoms with Crippen molar-refractivity contribution < 1.29 is 9.53 Å². The number of amides is 1. The van der Waals surface area contributed by atoms with Gasteiger partial charge in [0.1, 0.15) is 5.75 Å². The van der Waals surface area contributed by atoms with Gasteiger partial charge in [-0.05, 0) is 48.9 Å². The molecule has 1 aromatic rings. The van der Waals surface area contributed by atoms with Crippen LogP contribution in [0.4, 0.5) is 0 Å². The van der Waals surface area contributed by atoms with Gasteiger partial charge in [0.05, 0.1) is 0 Å². The second-order valence-electron chi connectivity index (χ2n) is 5.38. The second-order valence-corrected chi connectivity index (χ2v) is 5.38. The molecule has 20 heavy (non-hydrogen) atoms. The van der Waals surface area contributed by atoms with Crippen molar-refractivity contribution in [3.63, 3.8) is 0 Å². The largest absolute Gasteiger partial charge is 0.484 e. The molecule has 0 radical (unpaired) electrons. The summed E-state index contributed by atoms with van der Waals surface area (Å²) in [5.74, 6) is 0.688. The van der Waals surface area contributed by atoms with E-state index in [-0.39, 0.29) is 24.6 Å². The highest BCUT2D eigenvalue weighted by Gasteiger charge is 2.19. The fraction of sp³-hybridized carbons (Fsp3) is 0.562. The predicted octanol–water partition coefficient (Wildman–Crippen LogP) is 2.32. The number of hydrogen-bond donors (Lipinski definition) is 2. The van der Waals surface area contributed by atoms with E-state index in [1.807, 2.05) is 18.2 Å². The predicted molar refractivity (Wildman–Crippen MR) is 79.7 cm³/mol. The van der Waals surface area contributed by atoms with Gasteiger partial charge in [0.15, 0.2) is 6.61 Å². The summed E-state index contributed by atoms with van der Waals surface area (Å²) in [6.07, 6.45) is 3.87. The topological polar surface area (TPSA) is 64.3 Å². The van der Waals surface area contributed by atoms with Crippen LogP contribution in [-0.4, -0.2) is 18.6 Å². The summed E-state index contributed by atoms with van der Waals surface area (Å²) in [5, 5.41) is 2.96. The third kappa shape index (κ3) is 3.51. The van der Waals surface area contributed by atoms with Crippen molar-refractivity contribution in [2.24, 2.45) is 5.73 Å². The van der Waals surface area contributed by atoms with Crippen molar-refractivity contribution in [3.8, 4) is 5.75 Å². The molecule has 0 heterocycles. The van der Waals surface area contributed by atoms with Gasteiger partial charge < -0.3 is 15.8 Å². The van der Waals surface area contributed by atoms with Gasteiger partial charge in [0.2, 0.25) is 0 Å². The Balaban J connectivity index is 1.87. The minimum Gasteiger partial charge on any atom is -0.484 e. The van der Waals surface area contributed by atoms with Crippen LogP contribution in [0.15, 0.2) is 18.2 Å². The van der Waals surface area contributed by atoms with Crippen LogP contribution < -0.4 is 15.8 Å². The number of carbonyl (C=O) groups excluding carboxylic acids is 1. The lowest BCUT2D eigenvalue weighted by molar-refractivity contribution is -0.123. The van der Waals surface area contributed by atoms with Crippen molar-refractivity contribution in [1.29, 1.82) is 0 Å². The number of fused-ring (bicyclic) bond motifs is 1. The Morgan fingerprint density at radius 1 is 1.45 bits per heavy atom. The van der Waals surface area contributed by atoms with Gasteiger partial charge in [-0.1, -0.05) is 19.9 Å². The zero-order valence-electron chi connectivity index (χ0n) is 12.3. The lowest BCUT2D eigenvalue weighted by Crippen LogP contribution is -2.37. The maximum atomic E-state index is 11.8. The molecule has 1 aliphatic carbocycles. The molecule has 0 bridgehead atoms. The average Bonchev–Trinajstić information content (AvgIpc) is 2.83. The Morgan fingerprint density at radius 2 is 2.20 bits per heavy atom. The Bertz CT molecular complexity index is 470. The first-order chi connectivity index (χ1) is 9.63. The van der Waals surface area contributed by atoms with E-state index in [0.29, 0.717) is 0 Å². The Labute approximate surface area is 120 Å². The van der Waals surface area contributed by atoms with Crippen molar-refractivity contribution in [3.05, 3.63) is 29.3 Å². The van der Waals surface area contributed by atoms with Gasteiger partial charge in [-0.25, -0.2) is 0 Å². The third-order valence-electron chi connectivity index (χ3n) is 3.96. The van der Waals surface area contributed by atoms with Crippen LogP contribution in [0.25, 0.3) is 0 Å². The van der Waals surface area contributed by atoms with Crippen molar-refractivity contribution in [1.82, 2.24) is 5.32 Å². The Kier molecular flexibility index (Phi) is 5.01. The minimum absolute atomic E-state index is 0.0594. The maximum absolute atomic E-state index is 11.8. The van der Waals surface area contributed by atoms with Gasteiger partial charge in [0, 0.05) is 12.1 Å². The summed E-state index contributed by atoms with van der Waals surface area (Å²) in [6.45, 7) is 4.21. The van der Waals surface area contributed by atoms with Gasteiger partial charge in [0.25, 0.3) is 5.91 Å². The zero-order valence-corrected chi connectivity index (χ0v) is 12.3. The molecule has 2 rings (SSSR count). The molecule has 1 unspecified atom stereocenters. The van der Waals surface area contributed by atoms with E-state index >= 15 is 0 Å². The highest BCUT2D eigenvalue weighted by molar-refractivity contribution is 5.77. The summed E-state index contributed by atoms with van der Waals surface area (Å²) in [7, 11) is 0. The molecular weight excluding hydrogens is 252 g/mol. The number of nitrogens with one attached hydrogen (secondary N) is 1. The molecule has 0 fully saturated rings. The van der Waals surface area contributed by atoms with Crippen LogP contribution in [0.5, 0.6) is 5.75 Å². The molecule has 4 nitrogen and oxygen atoms in total. The molecule has 3 N–H and O–H groups in total. The molecule has 0 saturated carbocycles. The Hall–Kier alpha value is -1.55. The number of carbonyl (C=O) groups is 1. The van der Waals surface area contributed by atoms with E-state index in [9.17, 15) is 4.79 Å². The van der Waals surface area contributed by atoms with Gasteiger partial charge >= 0.3 is 0 Å². The molecule has 1 aromatic carbocycles. The van der Waals surface area contributed by atoms with Crippen molar-refractivity contribution in [2.75, 3.05) is 6.61 Å². The molecular formula is C16H24N2O2. The van der Waals surface area contributed by atoms with E-state index in [1.165, 1.54) is 11.1 Å². The molecule has 1 atom stereocenters.